The van der Waals surface area contributed by atoms with Gasteiger partial charge in [0.05, 0.1) is 18.6 Å². The van der Waals surface area contributed by atoms with Crippen LogP contribution in [0.25, 0.3) is 5.69 Å². The second-order valence-electron chi connectivity index (χ2n) is 8.25. The molecule has 1 aliphatic rings. The van der Waals surface area contributed by atoms with Gasteiger partial charge in [0.25, 0.3) is 0 Å². The van der Waals surface area contributed by atoms with Crippen molar-refractivity contribution in [3.8, 4) is 11.4 Å². The Morgan fingerprint density at radius 1 is 1.29 bits per heavy atom. The predicted octanol–water partition coefficient (Wildman–Crippen LogP) is 2.93. The first-order chi connectivity index (χ1) is 14.7. The number of sulfone groups is 1. The Morgan fingerprint density at radius 3 is 2.58 bits per heavy atom. The predicted molar refractivity (Wildman–Crippen MR) is 126 cm³/mol. The van der Waals surface area contributed by atoms with E-state index in [9.17, 15) is 8.42 Å². The van der Waals surface area contributed by atoms with Gasteiger partial charge < -0.3 is 19.5 Å². The monoisotopic (exact) mass is 446 g/mol. The van der Waals surface area contributed by atoms with Gasteiger partial charge in [-0.15, -0.1) is 0 Å². The standard InChI is InChI=1S/C23H34N4O3S/c1-6-24-23(25-14-19-11-12-31(28,29)16-19)26(4)15-20-13-17(2)27(18(20)3)21-7-9-22(30-5)10-8-21/h7-10,13,19H,6,11-12,14-16H2,1-5H3,(H,24,25). The van der Waals surface area contributed by atoms with Gasteiger partial charge in [-0.2, -0.15) is 0 Å². The van der Waals surface area contributed by atoms with Crippen molar-refractivity contribution in [2.24, 2.45) is 10.9 Å². The minimum atomic E-state index is -2.88. The topological polar surface area (TPSA) is 75.9 Å². The normalized spacial score (nSPS) is 18.2. The van der Waals surface area contributed by atoms with E-state index in [-0.39, 0.29) is 17.4 Å². The highest BCUT2D eigenvalue weighted by Gasteiger charge is 2.27. The fraction of sp³-hybridized carbons (Fsp3) is 0.522. The maximum Gasteiger partial charge on any atom is 0.193 e. The average molecular weight is 447 g/mol. The number of benzene rings is 1. The number of nitrogens with zero attached hydrogens (tertiary/aromatic N) is 3. The number of hydrogen-bond donors (Lipinski definition) is 1. The molecule has 170 valence electrons. The number of aliphatic imine (C=N–C) groups is 1. The molecule has 2 aromatic rings. The Balaban J connectivity index is 1.75. The summed E-state index contributed by atoms with van der Waals surface area (Å²) in [7, 11) is 0.814. The molecule has 0 bridgehead atoms. The Hall–Kier alpha value is -2.48. The second-order valence-corrected chi connectivity index (χ2v) is 10.5. The van der Waals surface area contributed by atoms with Crippen molar-refractivity contribution in [2.45, 2.75) is 33.7 Å². The van der Waals surface area contributed by atoms with Gasteiger partial charge in [0, 0.05) is 43.8 Å². The molecule has 0 amide bonds. The molecule has 1 fully saturated rings. The molecule has 1 atom stereocenters. The lowest BCUT2D eigenvalue weighted by atomic mass is 10.1. The molecule has 1 saturated heterocycles. The highest BCUT2D eigenvalue weighted by Crippen LogP contribution is 2.24. The maximum absolute atomic E-state index is 11.7. The first kappa shape index (κ1) is 23.2. The third kappa shape index (κ3) is 5.61. The lowest BCUT2D eigenvalue weighted by Crippen LogP contribution is -2.39. The van der Waals surface area contributed by atoms with Crippen LogP contribution in [-0.4, -0.2) is 62.6 Å². The third-order valence-electron chi connectivity index (χ3n) is 5.80. The Kier molecular flexibility index (Phi) is 7.30. The molecular formula is C23H34N4O3S. The second kappa shape index (κ2) is 9.77. The molecule has 0 spiro atoms. The summed E-state index contributed by atoms with van der Waals surface area (Å²) in [6, 6.07) is 10.3. The highest BCUT2D eigenvalue weighted by atomic mass is 32.2. The van der Waals surface area contributed by atoms with Crippen molar-refractivity contribution in [1.82, 2.24) is 14.8 Å². The zero-order valence-corrected chi connectivity index (χ0v) is 20.0. The molecule has 1 unspecified atom stereocenters. The summed E-state index contributed by atoms with van der Waals surface area (Å²) < 4.78 is 31.0. The number of aryl methyl sites for hydroxylation is 1. The van der Waals surface area contributed by atoms with Crippen LogP contribution in [0.2, 0.25) is 0 Å². The van der Waals surface area contributed by atoms with Gasteiger partial charge in [0.2, 0.25) is 0 Å². The molecule has 2 heterocycles. The van der Waals surface area contributed by atoms with Crippen LogP contribution in [0.5, 0.6) is 5.75 Å². The molecule has 31 heavy (non-hydrogen) atoms. The minimum Gasteiger partial charge on any atom is -0.497 e. The number of methoxy groups -OCH3 is 1. The van der Waals surface area contributed by atoms with Gasteiger partial charge in [-0.05, 0) is 69.0 Å². The summed E-state index contributed by atoms with van der Waals surface area (Å²) in [4.78, 5) is 6.84. The summed E-state index contributed by atoms with van der Waals surface area (Å²) in [6.07, 6.45) is 0.706. The molecule has 1 aliphatic heterocycles. The molecule has 7 nitrogen and oxygen atoms in total. The first-order valence-electron chi connectivity index (χ1n) is 10.8. The van der Waals surface area contributed by atoms with Gasteiger partial charge in [0.15, 0.2) is 15.8 Å². The van der Waals surface area contributed by atoms with E-state index in [1.165, 1.54) is 17.0 Å². The molecule has 1 aromatic carbocycles. The van der Waals surface area contributed by atoms with Crippen molar-refractivity contribution in [1.29, 1.82) is 0 Å². The Bertz CT molecular complexity index is 1030. The van der Waals surface area contributed by atoms with Crippen molar-refractivity contribution in [2.75, 3.05) is 38.8 Å². The van der Waals surface area contributed by atoms with E-state index in [0.29, 0.717) is 19.5 Å². The molecular weight excluding hydrogens is 412 g/mol. The van der Waals surface area contributed by atoms with Crippen molar-refractivity contribution in [3.05, 3.63) is 47.3 Å². The van der Waals surface area contributed by atoms with Crippen LogP contribution in [0.1, 0.15) is 30.3 Å². The van der Waals surface area contributed by atoms with E-state index in [4.69, 9.17) is 9.73 Å². The van der Waals surface area contributed by atoms with Crippen molar-refractivity contribution >= 4 is 15.8 Å². The van der Waals surface area contributed by atoms with Crippen molar-refractivity contribution in [3.63, 3.8) is 0 Å². The zero-order valence-electron chi connectivity index (χ0n) is 19.2. The third-order valence-corrected chi connectivity index (χ3v) is 7.63. The average Bonchev–Trinajstić information content (AvgIpc) is 3.22. The number of nitrogens with one attached hydrogen (secondary N) is 1. The number of guanidine groups is 1. The summed E-state index contributed by atoms with van der Waals surface area (Å²) in [5, 5.41) is 3.34. The lowest BCUT2D eigenvalue weighted by Gasteiger charge is -2.23. The quantitative estimate of drug-likeness (QED) is 0.523. The zero-order chi connectivity index (χ0) is 22.6. The fourth-order valence-electron chi connectivity index (χ4n) is 4.15. The van der Waals surface area contributed by atoms with E-state index in [1.54, 1.807) is 7.11 Å². The van der Waals surface area contributed by atoms with E-state index in [1.807, 2.05) is 26.1 Å². The van der Waals surface area contributed by atoms with Crippen LogP contribution in [0, 0.1) is 19.8 Å². The summed E-state index contributed by atoms with van der Waals surface area (Å²) >= 11 is 0. The Labute approximate surface area is 186 Å². The van der Waals surface area contributed by atoms with E-state index >= 15 is 0 Å². The van der Waals surface area contributed by atoms with Gasteiger partial charge >= 0.3 is 0 Å². The number of ether oxygens (including phenoxy) is 1. The maximum atomic E-state index is 11.7. The molecule has 8 heteroatoms. The smallest absolute Gasteiger partial charge is 0.193 e. The minimum absolute atomic E-state index is 0.118. The van der Waals surface area contributed by atoms with Gasteiger partial charge in [-0.3, -0.25) is 4.99 Å². The summed E-state index contributed by atoms with van der Waals surface area (Å²) in [5.41, 5.74) is 4.69. The molecule has 0 saturated carbocycles. The molecule has 3 rings (SSSR count). The summed E-state index contributed by atoms with van der Waals surface area (Å²) in [5.74, 6) is 2.31. The van der Waals surface area contributed by atoms with Crippen LogP contribution in [-0.2, 0) is 16.4 Å². The SMILES string of the molecule is CCNC(=NCC1CCS(=O)(=O)C1)N(C)Cc1cc(C)n(-c2ccc(OC)cc2)c1C. The molecule has 0 radical (unpaired) electrons. The number of hydrogen-bond acceptors (Lipinski definition) is 4. The largest absolute Gasteiger partial charge is 0.497 e. The van der Waals surface area contributed by atoms with E-state index < -0.39 is 9.84 Å². The Morgan fingerprint density at radius 2 is 2.00 bits per heavy atom. The van der Waals surface area contributed by atoms with Crippen LogP contribution < -0.4 is 10.1 Å². The molecule has 1 aromatic heterocycles. The van der Waals surface area contributed by atoms with E-state index in [0.717, 1.165) is 23.9 Å². The van der Waals surface area contributed by atoms with Crippen molar-refractivity contribution < 1.29 is 13.2 Å². The molecule has 0 aliphatic carbocycles. The van der Waals surface area contributed by atoms with Gasteiger partial charge in [-0.25, -0.2) is 8.42 Å². The van der Waals surface area contributed by atoms with Crippen LogP contribution in [0.3, 0.4) is 0 Å². The van der Waals surface area contributed by atoms with E-state index in [2.05, 4.69) is 46.8 Å². The van der Waals surface area contributed by atoms with Gasteiger partial charge in [-0.1, -0.05) is 0 Å². The van der Waals surface area contributed by atoms with Crippen LogP contribution >= 0.6 is 0 Å². The van der Waals surface area contributed by atoms with Gasteiger partial charge in [0.1, 0.15) is 5.75 Å². The summed E-state index contributed by atoms with van der Waals surface area (Å²) in [6.45, 7) is 8.30. The lowest BCUT2D eigenvalue weighted by molar-refractivity contribution is 0.414. The fourth-order valence-corrected chi connectivity index (χ4v) is 6.00. The van der Waals surface area contributed by atoms with Crippen LogP contribution in [0.15, 0.2) is 35.3 Å². The molecule has 1 N–H and O–H groups in total. The highest BCUT2D eigenvalue weighted by molar-refractivity contribution is 7.91. The first-order valence-corrected chi connectivity index (χ1v) is 12.6. The number of rotatable bonds is 7. The van der Waals surface area contributed by atoms with Crippen LogP contribution in [0.4, 0.5) is 0 Å². The number of aromatic nitrogens is 1.